The number of fused-ring (bicyclic) bond motifs is 1. The minimum absolute atomic E-state index is 0.167. The zero-order valence-corrected chi connectivity index (χ0v) is 14.6. The van der Waals surface area contributed by atoms with Crippen molar-refractivity contribution in [1.29, 1.82) is 0 Å². The SMILES string of the molecule is Cc1ccc(OCC(=O)Nc2ccnc3c2c(=O)n(C)c(=O)n3C)cc1. The second-order valence-electron chi connectivity index (χ2n) is 5.91. The first-order chi connectivity index (χ1) is 12.4. The van der Waals surface area contributed by atoms with Crippen molar-refractivity contribution in [2.24, 2.45) is 14.1 Å². The summed E-state index contributed by atoms with van der Waals surface area (Å²) in [6.07, 6.45) is 1.43. The first-order valence-electron chi connectivity index (χ1n) is 7.92. The van der Waals surface area contributed by atoms with E-state index in [0.717, 1.165) is 10.1 Å². The van der Waals surface area contributed by atoms with Gasteiger partial charge in [-0.15, -0.1) is 0 Å². The average molecular weight is 354 g/mol. The van der Waals surface area contributed by atoms with Crippen LogP contribution in [-0.2, 0) is 18.9 Å². The molecular formula is C18H18N4O4. The van der Waals surface area contributed by atoms with Crippen LogP contribution in [0.5, 0.6) is 5.75 Å². The zero-order valence-electron chi connectivity index (χ0n) is 14.6. The Hall–Kier alpha value is -3.42. The molecule has 2 aromatic heterocycles. The van der Waals surface area contributed by atoms with Gasteiger partial charge < -0.3 is 10.1 Å². The standard InChI is InChI=1S/C18H18N4O4/c1-11-4-6-12(7-5-11)26-10-14(23)20-13-8-9-19-16-15(13)17(24)22(3)18(25)21(16)2/h4-9H,10H2,1-3H3,(H,19,20,23). The Morgan fingerprint density at radius 1 is 1.12 bits per heavy atom. The highest BCUT2D eigenvalue weighted by Crippen LogP contribution is 2.16. The van der Waals surface area contributed by atoms with E-state index in [1.807, 2.05) is 19.1 Å². The number of hydrogen-bond donors (Lipinski definition) is 1. The van der Waals surface area contributed by atoms with E-state index in [4.69, 9.17) is 4.74 Å². The van der Waals surface area contributed by atoms with E-state index < -0.39 is 17.2 Å². The monoisotopic (exact) mass is 354 g/mol. The van der Waals surface area contributed by atoms with Crippen molar-refractivity contribution in [2.45, 2.75) is 6.92 Å². The van der Waals surface area contributed by atoms with E-state index in [-0.39, 0.29) is 23.3 Å². The molecule has 8 heteroatoms. The molecule has 0 spiro atoms. The van der Waals surface area contributed by atoms with E-state index in [1.54, 1.807) is 12.1 Å². The second kappa shape index (κ2) is 6.83. The Kier molecular flexibility index (Phi) is 4.57. The second-order valence-corrected chi connectivity index (χ2v) is 5.91. The lowest BCUT2D eigenvalue weighted by atomic mass is 10.2. The predicted molar refractivity (Wildman–Crippen MR) is 97.5 cm³/mol. The van der Waals surface area contributed by atoms with Crippen LogP contribution in [0.3, 0.4) is 0 Å². The molecule has 0 unspecified atom stereocenters. The van der Waals surface area contributed by atoms with Crippen molar-refractivity contribution >= 4 is 22.6 Å². The number of carbonyl (C=O) groups excluding carboxylic acids is 1. The molecular weight excluding hydrogens is 336 g/mol. The molecule has 0 saturated carbocycles. The lowest BCUT2D eigenvalue weighted by Gasteiger charge is -2.11. The molecule has 0 aliphatic carbocycles. The Morgan fingerprint density at radius 2 is 1.81 bits per heavy atom. The summed E-state index contributed by atoms with van der Waals surface area (Å²) in [5.74, 6) is 0.151. The molecule has 0 saturated heterocycles. The number of nitrogens with one attached hydrogen (secondary N) is 1. The van der Waals surface area contributed by atoms with Gasteiger partial charge in [0, 0.05) is 20.3 Å². The summed E-state index contributed by atoms with van der Waals surface area (Å²) in [4.78, 5) is 40.7. The molecule has 0 atom stereocenters. The van der Waals surface area contributed by atoms with Crippen LogP contribution in [0.1, 0.15) is 5.56 Å². The lowest BCUT2D eigenvalue weighted by molar-refractivity contribution is -0.118. The molecule has 134 valence electrons. The van der Waals surface area contributed by atoms with Gasteiger partial charge in [-0.25, -0.2) is 9.78 Å². The molecule has 1 N–H and O–H groups in total. The summed E-state index contributed by atoms with van der Waals surface area (Å²) >= 11 is 0. The topological polar surface area (TPSA) is 95.2 Å². The summed E-state index contributed by atoms with van der Waals surface area (Å²) in [5.41, 5.74) is 0.567. The number of amides is 1. The van der Waals surface area contributed by atoms with Crippen LogP contribution < -0.4 is 21.3 Å². The molecule has 2 heterocycles. The third-order valence-corrected chi connectivity index (χ3v) is 4.01. The number of hydrogen-bond acceptors (Lipinski definition) is 5. The molecule has 0 fully saturated rings. The quantitative estimate of drug-likeness (QED) is 0.753. The van der Waals surface area contributed by atoms with Crippen molar-refractivity contribution < 1.29 is 9.53 Å². The molecule has 0 bridgehead atoms. The van der Waals surface area contributed by atoms with Crippen LogP contribution in [0.25, 0.3) is 11.0 Å². The van der Waals surface area contributed by atoms with Gasteiger partial charge in [0.15, 0.2) is 12.3 Å². The maximum Gasteiger partial charge on any atom is 0.332 e. The van der Waals surface area contributed by atoms with Gasteiger partial charge in [-0.05, 0) is 25.1 Å². The summed E-state index contributed by atoms with van der Waals surface area (Å²) in [6, 6.07) is 8.82. The van der Waals surface area contributed by atoms with Gasteiger partial charge >= 0.3 is 5.69 Å². The zero-order chi connectivity index (χ0) is 18.8. The number of anilines is 1. The van der Waals surface area contributed by atoms with Gasteiger partial charge in [-0.3, -0.25) is 18.7 Å². The highest BCUT2D eigenvalue weighted by atomic mass is 16.5. The molecule has 3 aromatic rings. The van der Waals surface area contributed by atoms with E-state index in [1.165, 1.54) is 30.9 Å². The summed E-state index contributed by atoms with van der Waals surface area (Å²) in [5, 5.41) is 2.82. The first-order valence-corrected chi connectivity index (χ1v) is 7.92. The fourth-order valence-electron chi connectivity index (χ4n) is 2.56. The number of aromatic nitrogens is 3. The molecule has 0 aliphatic heterocycles. The van der Waals surface area contributed by atoms with Crippen LogP contribution in [-0.4, -0.2) is 26.6 Å². The normalized spacial score (nSPS) is 10.7. The summed E-state index contributed by atoms with van der Waals surface area (Å²) < 4.78 is 7.67. The molecule has 1 amide bonds. The highest BCUT2D eigenvalue weighted by molar-refractivity contribution is 6.00. The van der Waals surface area contributed by atoms with Crippen LogP contribution in [0.15, 0.2) is 46.1 Å². The smallest absolute Gasteiger partial charge is 0.332 e. The van der Waals surface area contributed by atoms with Crippen molar-refractivity contribution in [3.05, 3.63) is 62.9 Å². The summed E-state index contributed by atoms with van der Waals surface area (Å²) in [6.45, 7) is 1.75. The maximum atomic E-state index is 12.4. The van der Waals surface area contributed by atoms with Crippen LogP contribution in [0.4, 0.5) is 5.69 Å². The molecule has 0 aliphatic rings. The van der Waals surface area contributed by atoms with Gasteiger partial charge in [-0.2, -0.15) is 0 Å². The third-order valence-electron chi connectivity index (χ3n) is 4.01. The minimum Gasteiger partial charge on any atom is -0.484 e. The Morgan fingerprint density at radius 3 is 2.50 bits per heavy atom. The number of rotatable bonds is 4. The lowest BCUT2D eigenvalue weighted by Crippen LogP contribution is -2.37. The van der Waals surface area contributed by atoms with Gasteiger partial charge in [0.1, 0.15) is 11.1 Å². The van der Waals surface area contributed by atoms with Crippen LogP contribution in [0.2, 0.25) is 0 Å². The van der Waals surface area contributed by atoms with E-state index in [9.17, 15) is 14.4 Å². The van der Waals surface area contributed by atoms with Crippen molar-refractivity contribution in [3.63, 3.8) is 0 Å². The van der Waals surface area contributed by atoms with E-state index in [2.05, 4.69) is 10.3 Å². The number of pyridine rings is 1. The number of ether oxygens (including phenoxy) is 1. The fraction of sp³-hybridized carbons (Fsp3) is 0.222. The van der Waals surface area contributed by atoms with E-state index in [0.29, 0.717) is 5.75 Å². The maximum absolute atomic E-state index is 12.4. The Balaban J connectivity index is 1.87. The van der Waals surface area contributed by atoms with Gasteiger partial charge in [0.05, 0.1) is 5.69 Å². The Bertz CT molecular complexity index is 1100. The van der Waals surface area contributed by atoms with E-state index >= 15 is 0 Å². The number of benzene rings is 1. The van der Waals surface area contributed by atoms with Crippen molar-refractivity contribution in [2.75, 3.05) is 11.9 Å². The Labute approximate surface area is 148 Å². The van der Waals surface area contributed by atoms with Crippen molar-refractivity contribution in [1.82, 2.24) is 14.1 Å². The predicted octanol–water partition coefficient (Wildman–Crippen LogP) is 0.958. The van der Waals surface area contributed by atoms with Gasteiger partial charge in [0.25, 0.3) is 11.5 Å². The number of aryl methyl sites for hydroxylation is 2. The fourth-order valence-corrected chi connectivity index (χ4v) is 2.56. The third kappa shape index (κ3) is 3.21. The highest BCUT2D eigenvalue weighted by Gasteiger charge is 2.15. The van der Waals surface area contributed by atoms with Crippen LogP contribution in [0, 0.1) is 6.92 Å². The molecule has 1 aromatic carbocycles. The minimum atomic E-state index is -0.522. The average Bonchev–Trinajstić information content (AvgIpc) is 2.64. The largest absolute Gasteiger partial charge is 0.484 e. The molecule has 26 heavy (non-hydrogen) atoms. The number of carbonyl (C=O) groups is 1. The molecule has 8 nitrogen and oxygen atoms in total. The number of nitrogens with zero attached hydrogens (tertiary/aromatic N) is 3. The van der Waals surface area contributed by atoms with Crippen LogP contribution >= 0.6 is 0 Å². The van der Waals surface area contributed by atoms with Crippen molar-refractivity contribution in [3.8, 4) is 5.75 Å². The van der Waals surface area contributed by atoms with Gasteiger partial charge in [0.2, 0.25) is 0 Å². The molecule has 3 rings (SSSR count). The molecule has 0 radical (unpaired) electrons. The van der Waals surface area contributed by atoms with Gasteiger partial charge in [-0.1, -0.05) is 17.7 Å². The summed E-state index contributed by atoms with van der Waals surface area (Å²) in [7, 11) is 2.90. The first kappa shape index (κ1) is 17.4.